The number of ether oxygens (including phenoxy) is 1. The molecular formula is C24H22FN5O2. The number of carbonyl (C=O) groups is 1. The van der Waals surface area contributed by atoms with Crippen LogP contribution in [-0.4, -0.2) is 52.3 Å². The summed E-state index contributed by atoms with van der Waals surface area (Å²) in [6.45, 7) is 2.34. The van der Waals surface area contributed by atoms with Crippen molar-refractivity contribution in [2.75, 3.05) is 31.6 Å². The van der Waals surface area contributed by atoms with Crippen LogP contribution in [0.2, 0.25) is 0 Å². The largest absolute Gasteiger partial charge is 0.378 e. The topological polar surface area (TPSA) is 83.1 Å². The number of amides is 1. The zero-order valence-electron chi connectivity index (χ0n) is 17.3. The second kappa shape index (κ2) is 8.76. The van der Waals surface area contributed by atoms with Gasteiger partial charge < -0.3 is 15.0 Å². The van der Waals surface area contributed by atoms with Gasteiger partial charge >= 0.3 is 0 Å². The Morgan fingerprint density at radius 1 is 1.09 bits per heavy atom. The lowest BCUT2D eigenvalue weighted by Crippen LogP contribution is -2.40. The molecule has 8 heteroatoms. The van der Waals surface area contributed by atoms with E-state index < -0.39 is 0 Å². The molecule has 0 unspecified atom stereocenters. The number of morpholine rings is 1. The number of benzene rings is 2. The quantitative estimate of drug-likeness (QED) is 0.501. The smallest absolute Gasteiger partial charge is 0.254 e. The van der Waals surface area contributed by atoms with Gasteiger partial charge in [-0.1, -0.05) is 18.2 Å². The van der Waals surface area contributed by atoms with Crippen LogP contribution in [0.4, 0.5) is 15.9 Å². The van der Waals surface area contributed by atoms with E-state index in [2.05, 4.69) is 20.5 Å². The van der Waals surface area contributed by atoms with Crippen LogP contribution >= 0.6 is 0 Å². The molecule has 1 aliphatic rings. The van der Waals surface area contributed by atoms with Gasteiger partial charge in [0.1, 0.15) is 11.6 Å². The van der Waals surface area contributed by atoms with Gasteiger partial charge in [0.25, 0.3) is 5.91 Å². The van der Waals surface area contributed by atoms with E-state index in [1.165, 1.54) is 12.1 Å². The Kier molecular flexibility index (Phi) is 5.51. The van der Waals surface area contributed by atoms with E-state index >= 15 is 0 Å². The number of aromatic amines is 1. The minimum atomic E-state index is -0.252. The molecular weight excluding hydrogens is 409 g/mol. The summed E-state index contributed by atoms with van der Waals surface area (Å²) in [6, 6.07) is 15.9. The van der Waals surface area contributed by atoms with E-state index in [0.717, 1.165) is 22.2 Å². The van der Waals surface area contributed by atoms with Crippen molar-refractivity contribution in [1.82, 2.24) is 20.1 Å². The number of anilines is 2. The van der Waals surface area contributed by atoms with Crippen molar-refractivity contribution in [3.05, 3.63) is 83.3 Å². The number of hydrogen-bond donors (Lipinski definition) is 2. The molecule has 5 rings (SSSR count). The van der Waals surface area contributed by atoms with Crippen molar-refractivity contribution >= 4 is 28.4 Å². The lowest BCUT2D eigenvalue weighted by molar-refractivity contribution is 0.0303. The van der Waals surface area contributed by atoms with Gasteiger partial charge in [0.2, 0.25) is 0 Å². The summed E-state index contributed by atoms with van der Waals surface area (Å²) in [5.74, 6) is 0.442. The van der Waals surface area contributed by atoms with Crippen molar-refractivity contribution in [1.29, 1.82) is 0 Å². The molecule has 2 aromatic heterocycles. The monoisotopic (exact) mass is 431 g/mol. The normalized spacial score (nSPS) is 14.0. The summed E-state index contributed by atoms with van der Waals surface area (Å²) in [4.78, 5) is 19.0. The highest BCUT2D eigenvalue weighted by Gasteiger charge is 2.19. The Bertz CT molecular complexity index is 1250. The van der Waals surface area contributed by atoms with Gasteiger partial charge in [-0.15, -0.1) is 0 Å². The Morgan fingerprint density at radius 2 is 1.91 bits per heavy atom. The first kappa shape index (κ1) is 20.1. The minimum absolute atomic E-state index is 0.00494. The third kappa shape index (κ3) is 4.31. The number of aromatic nitrogens is 3. The molecule has 0 saturated carbocycles. The van der Waals surface area contributed by atoms with Crippen LogP contribution in [-0.2, 0) is 11.2 Å². The summed E-state index contributed by atoms with van der Waals surface area (Å²) in [5, 5.41) is 11.4. The standard InChI is InChI=1S/C24H22FN5O2/c25-19-6-4-16(5-7-19)12-17-13-21-22(26-15-17)28-29-23(21)27-20-3-1-2-18(14-20)24(31)30-8-10-32-11-9-30/h1-7,13-15H,8-12H2,(H2,26,27,28,29). The number of H-pyrrole nitrogens is 1. The first-order chi connectivity index (χ1) is 15.7. The SMILES string of the molecule is O=C(c1cccc(Nc2[nH]nc3ncc(Cc4ccc(F)cc4)cc23)c1)N1CCOCC1. The zero-order valence-corrected chi connectivity index (χ0v) is 17.3. The molecule has 1 saturated heterocycles. The maximum Gasteiger partial charge on any atom is 0.254 e. The predicted octanol–water partition coefficient (Wildman–Crippen LogP) is 3.90. The van der Waals surface area contributed by atoms with E-state index in [4.69, 9.17) is 4.74 Å². The predicted molar refractivity (Wildman–Crippen MR) is 120 cm³/mol. The van der Waals surface area contributed by atoms with Crippen LogP contribution in [0.3, 0.4) is 0 Å². The summed E-state index contributed by atoms with van der Waals surface area (Å²) >= 11 is 0. The molecule has 7 nitrogen and oxygen atoms in total. The lowest BCUT2D eigenvalue weighted by Gasteiger charge is -2.27. The Hall–Kier alpha value is -3.78. The van der Waals surface area contributed by atoms with Gasteiger partial charge in [-0.2, -0.15) is 5.10 Å². The number of nitrogens with one attached hydrogen (secondary N) is 2. The van der Waals surface area contributed by atoms with Crippen LogP contribution in [0.5, 0.6) is 0 Å². The molecule has 1 aliphatic heterocycles. The molecule has 0 aliphatic carbocycles. The molecule has 0 atom stereocenters. The fourth-order valence-corrected chi connectivity index (χ4v) is 3.80. The molecule has 2 N–H and O–H groups in total. The summed E-state index contributed by atoms with van der Waals surface area (Å²) in [6.07, 6.45) is 2.41. The Labute approximate surface area is 184 Å². The van der Waals surface area contributed by atoms with Crippen molar-refractivity contribution < 1.29 is 13.9 Å². The fraction of sp³-hybridized carbons (Fsp3) is 0.208. The van der Waals surface area contributed by atoms with E-state index in [1.54, 1.807) is 23.2 Å². The van der Waals surface area contributed by atoms with Crippen molar-refractivity contribution in [3.63, 3.8) is 0 Å². The zero-order chi connectivity index (χ0) is 21.9. The van der Waals surface area contributed by atoms with E-state index in [0.29, 0.717) is 49.8 Å². The van der Waals surface area contributed by atoms with Gasteiger partial charge in [0, 0.05) is 30.5 Å². The van der Waals surface area contributed by atoms with Gasteiger partial charge in [-0.25, -0.2) is 9.37 Å². The number of pyridine rings is 1. The second-order valence-electron chi connectivity index (χ2n) is 7.73. The first-order valence-electron chi connectivity index (χ1n) is 10.5. The summed E-state index contributed by atoms with van der Waals surface area (Å²) < 4.78 is 18.5. The number of fused-ring (bicyclic) bond motifs is 1. The Balaban J connectivity index is 1.37. The minimum Gasteiger partial charge on any atom is -0.378 e. The molecule has 0 spiro atoms. The number of nitrogens with zero attached hydrogens (tertiary/aromatic N) is 3. The van der Waals surface area contributed by atoms with Crippen LogP contribution in [0.25, 0.3) is 11.0 Å². The lowest BCUT2D eigenvalue weighted by atomic mass is 10.1. The molecule has 0 radical (unpaired) electrons. The third-order valence-electron chi connectivity index (χ3n) is 5.46. The summed E-state index contributed by atoms with van der Waals surface area (Å²) in [5.41, 5.74) is 3.98. The molecule has 1 fully saturated rings. The third-order valence-corrected chi connectivity index (χ3v) is 5.46. The van der Waals surface area contributed by atoms with Crippen LogP contribution < -0.4 is 5.32 Å². The maximum absolute atomic E-state index is 13.2. The number of carbonyl (C=O) groups excluding carboxylic acids is 1. The highest BCUT2D eigenvalue weighted by atomic mass is 19.1. The fourth-order valence-electron chi connectivity index (χ4n) is 3.80. The average molecular weight is 431 g/mol. The highest BCUT2D eigenvalue weighted by Crippen LogP contribution is 2.25. The van der Waals surface area contributed by atoms with Crippen LogP contribution in [0, 0.1) is 5.82 Å². The van der Waals surface area contributed by atoms with Crippen molar-refractivity contribution in [2.45, 2.75) is 6.42 Å². The summed E-state index contributed by atoms with van der Waals surface area (Å²) in [7, 11) is 0. The molecule has 32 heavy (non-hydrogen) atoms. The number of halogens is 1. The van der Waals surface area contributed by atoms with Crippen molar-refractivity contribution in [3.8, 4) is 0 Å². The maximum atomic E-state index is 13.2. The number of rotatable bonds is 5. The van der Waals surface area contributed by atoms with Gasteiger partial charge in [-0.3, -0.25) is 9.89 Å². The Morgan fingerprint density at radius 3 is 2.72 bits per heavy atom. The van der Waals surface area contributed by atoms with Gasteiger partial charge in [0.05, 0.1) is 18.6 Å². The van der Waals surface area contributed by atoms with Gasteiger partial charge in [-0.05, 0) is 53.9 Å². The molecule has 4 aromatic rings. The first-order valence-corrected chi connectivity index (χ1v) is 10.5. The second-order valence-corrected chi connectivity index (χ2v) is 7.73. The van der Waals surface area contributed by atoms with E-state index in [-0.39, 0.29) is 11.7 Å². The highest BCUT2D eigenvalue weighted by molar-refractivity contribution is 5.96. The average Bonchev–Trinajstić information content (AvgIpc) is 3.23. The molecule has 3 heterocycles. The van der Waals surface area contributed by atoms with Crippen LogP contribution in [0.1, 0.15) is 21.5 Å². The molecule has 2 aromatic carbocycles. The number of hydrogen-bond acceptors (Lipinski definition) is 5. The molecule has 0 bridgehead atoms. The van der Waals surface area contributed by atoms with E-state index in [9.17, 15) is 9.18 Å². The van der Waals surface area contributed by atoms with Crippen molar-refractivity contribution in [2.24, 2.45) is 0 Å². The van der Waals surface area contributed by atoms with E-state index in [1.807, 2.05) is 30.3 Å². The molecule has 162 valence electrons. The molecule has 1 amide bonds. The van der Waals surface area contributed by atoms with Gasteiger partial charge in [0.15, 0.2) is 5.65 Å². The van der Waals surface area contributed by atoms with Crippen LogP contribution in [0.15, 0.2) is 60.8 Å².